The van der Waals surface area contributed by atoms with Crippen LogP contribution in [0.5, 0.6) is 0 Å². The van der Waals surface area contributed by atoms with Crippen molar-refractivity contribution in [3.63, 3.8) is 0 Å². The van der Waals surface area contributed by atoms with Crippen LogP contribution in [0.4, 0.5) is 0 Å². The Bertz CT molecular complexity index is 804. The standard InChI is InChI=1S/C25H34N2O5/c1-5-13-26(15-12-20(29)32-25(2,3)4)19(28)9-7-6-8-14-27-23(30)21-17-10-11-18(16-17)22(21)24(27)31/h1,10-11,17-18,21-22H,6-9,12-16H2,2-4H3/t17-,18+,21+,22-. The quantitative estimate of drug-likeness (QED) is 0.171. The molecule has 4 atom stereocenters. The molecule has 1 saturated heterocycles. The molecule has 2 fully saturated rings. The van der Waals surface area contributed by atoms with Crippen LogP contribution in [-0.2, 0) is 23.9 Å². The number of amides is 3. The van der Waals surface area contributed by atoms with Crippen LogP contribution in [0.2, 0.25) is 0 Å². The molecule has 1 saturated carbocycles. The van der Waals surface area contributed by atoms with Crippen LogP contribution in [0.15, 0.2) is 12.2 Å². The Balaban J connectivity index is 1.37. The molecule has 2 bridgehead atoms. The Labute approximate surface area is 190 Å². The van der Waals surface area contributed by atoms with Crippen LogP contribution in [0.3, 0.4) is 0 Å². The van der Waals surface area contributed by atoms with E-state index in [1.54, 1.807) is 20.8 Å². The maximum atomic E-state index is 12.7. The molecule has 7 heteroatoms. The van der Waals surface area contributed by atoms with Gasteiger partial charge in [0.15, 0.2) is 0 Å². The van der Waals surface area contributed by atoms with Crippen LogP contribution in [-0.4, -0.2) is 58.7 Å². The maximum Gasteiger partial charge on any atom is 0.308 e. The summed E-state index contributed by atoms with van der Waals surface area (Å²) in [6.45, 7) is 6.20. The normalized spacial score (nSPS) is 25.8. The summed E-state index contributed by atoms with van der Waals surface area (Å²) >= 11 is 0. The first kappa shape index (κ1) is 24.0. The highest BCUT2D eigenvalue weighted by Gasteiger charge is 2.58. The fourth-order valence-electron chi connectivity index (χ4n) is 5.09. The molecule has 0 aromatic heterocycles. The van der Waals surface area contributed by atoms with Crippen LogP contribution < -0.4 is 0 Å². The van der Waals surface area contributed by atoms with E-state index in [9.17, 15) is 19.2 Å². The lowest BCUT2D eigenvalue weighted by Gasteiger charge is -2.23. The van der Waals surface area contributed by atoms with Gasteiger partial charge in [0.25, 0.3) is 0 Å². The number of rotatable bonds is 10. The number of likely N-dealkylation sites (tertiary alicyclic amines) is 1. The van der Waals surface area contributed by atoms with Crippen LogP contribution in [0.1, 0.15) is 59.3 Å². The number of hydrogen-bond acceptors (Lipinski definition) is 5. The topological polar surface area (TPSA) is 84.0 Å². The van der Waals surface area contributed by atoms with Crippen LogP contribution in [0.25, 0.3) is 0 Å². The van der Waals surface area contributed by atoms with Crippen LogP contribution in [0, 0.1) is 36.0 Å². The molecule has 0 unspecified atom stereocenters. The maximum absolute atomic E-state index is 12.7. The fraction of sp³-hybridized carbons (Fsp3) is 0.680. The van der Waals surface area contributed by atoms with Gasteiger partial charge < -0.3 is 9.64 Å². The van der Waals surface area contributed by atoms with Crippen molar-refractivity contribution >= 4 is 23.7 Å². The Kier molecular flexibility index (Phi) is 7.43. The molecule has 0 radical (unpaired) electrons. The highest BCUT2D eigenvalue weighted by atomic mass is 16.6. The molecule has 3 amide bonds. The predicted octanol–water partition coefficient (Wildman–Crippen LogP) is 2.55. The van der Waals surface area contributed by atoms with Gasteiger partial charge in [0.05, 0.1) is 24.8 Å². The fourth-order valence-corrected chi connectivity index (χ4v) is 5.09. The first-order valence-electron chi connectivity index (χ1n) is 11.6. The molecule has 1 aliphatic heterocycles. The molecule has 1 heterocycles. The lowest BCUT2D eigenvalue weighted by Crippen LogP contribution is -2.35. The summed E-state index contributed by atoms with van der Waals surface area (Å²) in [6, 6.07) is 0. The van der Waals surface area contributed by atoms with E-state index in [2.05, 4.69) is 18.1 Å². The first-order valence-corrected chi connectivity index (χ1v) is 11.6. The number of carbonyl (C=O) groups excluding carboxylic acids is 4. The van der Waals surface area contributed by atoms with Crippen molar-refractivity contribution in [3.8, 4) is 12.3 Å². The van der Waals surface area contributed by atoms with E-state index in [-0.39, 0.29) is 66.9 Å². The van der Waals surface area contributed by atoms with E-state index in [0.717, 1.165) is 12.8 Å². The average molecular weight is 443 g/mol. The van der Waals surface area contributed by atoms with Crippen molar-refractivity contribution in [3.05, 3.63) is 12.2 Å². The minimum Gasteiger partial charge on any atom is -0.460 e. The largest absolute Gasteiger partial charge is 0.460 e. The third-order valence-corrected chi connectivity index (χ3v) is 6.47. The summed E-state index contributed by atoms with van der Waals surface area (Å²) in [5, 5.41) is 0. The van der Waals surface area contributed by atoms with E-state index in [1.807, 2.05) is 0 Å². The van der Waals surface area contributed by atoms with Crippen molar-refractivity contribution in [1.29, 1.82) is 0 Å². The number of unbranched alkanes of at least 4 members (excludes halogenated alkanes) is 2. The molecule has 0 aromatic carbocycles. The van der Waals surface area contributed by atoms with Crippen LogP contribution >= 0.6 is 0 Å². The monoisotopic (exact) mass is 442 g/mol. The summed E-state index contributed by atoms with van der Waals surface area (Å²) in [4.78, 5) is 52.7. The Morgan fingerprint density at radius 3 is 2.28 bits per heavy atom. The highest BCUT2D eigenvalue weighted by Crippen LogP contribution is 2.52. The van der Waals surface area contributed by atoms with Gasteiger partial charge in [-0.25, -0.2) is 0 Å². The van der Waals surface area contributed by atoms with Gasteiger partial charge in [-0.15, -0.1) is 6.42 Å². The van der Waals surface area contributed by atoms with E-state index < -0.39 is 5.60 Å². The highest BCUT2D eigenvalue weighted by molar-refractivity contribution is 6.06. The number of nitrogens with zero attached hydrogens (tertiary/aromatic N) is 2. The summed E-state index contributed by atoms with van der Waals surface area (Å²) in [5.74, 6) is 2.12. The second-order valence-corrected chi connectivity index (χ2v) is 9.99. The third kappa shape index (κ3) is 5.40. The van der Waals surface area contributed by atoms with Crippen molar-refractivity contribution in [2.24, 2.45) is 23.7 Å². The zero-order valence-corrected chi connectivity index (χ0v) is 19.3. The minimum atomic E-state index is -0.565. The zero-order valence-electron chi connectivity index (χ0n) is 19.3. The van der Waals surface area contributed by atoms with Gasteiger partial charge in [-0.1, -0.05) is 24.5 Å². The van der Waals surface area contributed by atoms with E-state index in [4.69, 9.17) is 11.2 Å². The van der Waals surface area contributed by atoms with E-state index in [1.165, 1.54) is 9.80 Å². The SMILES string of the molecule is C#CCN(CCC(=O)OC(C)(C)C)C(=O)CCCCCN1C(=O)[C@@H]2[C@H](C1=O)[C@H]1C=C[C@@H]2C1. The Hall–Kier alpha value is -2.62. The van der Waals surface area contributed by atoms with Crippen molar-refractivity contribution in [1.82, 2.24) is 9.80 Å². The molecule has 32 heavy (non-hydrogen) atoms. The number of imide groups is 1. The average Bonchev–Trinajstić information content (AvgIpc) is 3.38. The van der Waals surface area contributed by atoms with Gasteiger partial charge in [-0.2, -0.15) is 0 Å². The number of terminal acetylenes is 1. The number of ether oxygens (including phenoxy) is 1. The molecule has 3 rings (SSSR count). The minimum absolute atomic E-state index is 0.0183. The summed E-state index contributed by atoms with van der Waals surface area (Å²) in [5.41, 5.74) is -0.565. The van der Waals surface area contributed by atoms with Gasteiger partial charge in [0.1, 0.15) is 5.60 Å². The smallest absolute Gasteiger partial charge is 0.308 e. The van der Waals surface area contributed by atoms with Gasteiger partial charge in [0, 0.05) is 19.5 Å². The van der Waals surface area contributed by atoms with Crippen molar-refractivity contribution in [2.75, 3.05) is 19.6 Å². The molecule has 7 nitrogen and oxygen atoms in total. The molecule has 0 aromatic rings. The van der Waals surface area contributed by atoms with Gasteiger partial charge >= 0.3 is 5.97 Å². The molecular formula is C25H34N2O5. The molecule has 174 valence electrons. The summed E-state index contributed by atoms with van der Waals surface area (Å²) in [7, 11) is 0. The van der Waals surface area contributed by atoms with Gasteiger partial charge in [-0.05, 0) is 51.9 Å². The number of hydrogen-bond donors (Lipinski definition) is 0. The lowest BCUT2D eigenvalue weighted by atomic mass is 9.85. The number of esters is 1. The summed E-state index contributed by atoms with van der Waals surface area (Å²) < 4.78 is 5.28. The lowest BCUT2D eigenvalue weighted by molar-refractivity contribution is -0.155. The number of fused-ring (bicyclic) bond motifs is 5. The van der Waals surface area contributed by atoms with Crippen molar-refractivity contribution in [2.45, 2.75) is 64.9 Å². The summed E-state index contributed by atoms with van der Waals surface area (Å²) in [6.07, 6.45) is 13.0. The molecule has 0 N–H and O–H groups in total. The second kappa shape index (κ2) is 9.89. The van der Waals surface area contributed by atoms with Crippen molar-refractivity contribution < 1.29 is 23.9 Å². The third-order valence-electron chi connectivity index (χ3n) is 6.47. The molecule has 0 spiro atoms. The van der Waals surface area contributed by atoms with E-state index >= 15 is 0 Å². The molecule has 2 aliphatic carbocycles. The Morgan fingerprint density at radius 1 is 1.09 bits per heavy atom. The van der Waals surface area contributed by atoms with E-state index in [0.29, 0.717) is 25.8 Å². The Morgan fingerprint density at radius 2 is 1.72 bits per heavy atom. The molecule has 3 aliphatic rings. The zero-order chi connectivity index (χ0) is 23.5. The second-order valence-electron chi connectivity index (χ2n) is 9.99. The van der Waals surface area contributed by atoms with Gasteiger partial charge in [-0.3, -0.25) is 24.1 Å². The van der Waals surface area contributed by atoms with Gasteiger partial charge in [0.2, 0.25) is 17.7 Å². The first-order chi connectivity index (χ1) is 15.1. The number of allylic oxidation sites excluding steroid dienone is 2. The molecular weight excluding hydrogens is 408 g/mol. The number of carbonyl (C=O) groups is 4. The predicted molar refractivity (Wildman–Crippen MR) is 119 cm³/mol.